The zero-order valence-electron chi connectivity index (χ0n) is 12.6. The van der Waals surface area contributed by atoms with E-state index in [1.807, 2.05) is 0 Å². The Hall–Kier alpha value is -1.44. The molecule has 1 heterocycles. The van der Waals surface area contributed by atoms with Crippen LogP contribution in [0.5, 0.6) is 0 Å². The van der Waals surface area contributed by atoms with Crippen molar-refractivity contribution in [1.82, 2.24) is 20.1 Å². The van der Waals surface area contributed by atoms with Crippen LogP contribution >= 0.6 is 0 Å². The van der Waals surface area contributed by atoms with Gasteiger partial charge in [-0.3, -0.25) is 4.79 Å². The van der Waals surface area contributed by atoms with Crippen molar-refractivity contribution >= 4 is 15.7 Å². The highest BCUT2D eigenvalue weighted by molar-refractivity contribution is 7.92. The normalized spacial score (nSPS) is 24.5. The molecule has 118 valence electrons. The summed E-state index contributed by atoms with van der Waals surface area (Å²) in [6.07, 6.45) is 5.51. The fraction of sp³-hybridized carbons (Fsp3) is 0.769. The summed E-state index contributed by atoms with van der Waals surface area (Å²) >= 11 is 0. The number of hydrogen-bond donors (Lipinski definition) is 1. The lowest BCUT2D eigenvalue weighted by Gasteiger charge is -2.30. The first-order valence-corrected chi connectivity index (χ1v) is 8.77. The third-order valence-corrected chi connectivity index (χ3v) is 6.22. The number of hydrogen-bond acceptors (Lipinski definition) is 5. The standard InChI is InChI=1S/C13H22N4O3S/c1-9-6-4-5-7-11(9)15-12(18)10(2)21(19,20)13-16-14-8-17(13)3/h8-11H,4-7H2,1-3H3,(H,15,18). The summed E-state index contributed by atoms with van der Waals surface area (Å²) < 4.78 is 26.1. The van der Waals surface area contributed by atoms with Gasteiger partial charge in [-0.05, 0) is 25.7 Å². The Balaban J connectivity index is 2.10. The lowest BCUT2D eigenvalue weighted by molar-refractivity contribution is -0.121. The van der Waals surface area contributed by atoms with Gasteiger partial charge in [-0.25, -0.2) is 8.42 Å². The molecule has 1 saturated carbocycles. The average molecular weight is 314 g/mol. The number of rotatable bonds is 4. The monoisotopic (exact) mass is 314 g/mol. The number of aryl methyl sites for hydroxylation is 1. The van der Waals surface area contributed by atoms with E-state index in [2.05, 4.69) is 22.4 Å². The molecule has 21 heavy (non-hydrogen) atoms. The van der Waals surface area contributed by atoms with Crippen molar-refractivity contribution in [3.63, 3.8) is 0 Å². The molecule has 1 aromatic heterocycles. The second-order valence-corrected chi connectivity index (χ2v) is 7.95. The SMILES string of the molecule is CC1CCCCC1NC(=O)C(C)S(=O)(=O)c1nncn1C. The largest absolute Gasteiger partial charge is 0.352 e. The number of carbonyl (C=O) groups excluding carboxylic acids is 1. The van der Waals surface area contributed by atoms with Gasteiger partial charge in [0.05, 0.1) is 0 Å². The maximum Gasteiger partial charge on any atom is 0.250 e. The molecule has 1 aromatic rings. The van der Waals surface area contributed by atoms with Crippen LogP contribution in [-0.4, -0.2) is 40.4 Å². The third-order valence-electron chi connectivity index (χ3n) is 4.20. The number of nitrogens with one attached hydrogen (secondary N) is 1. The van der Waals surface area contributed by atoms with Gasteiger partial charge in [0.1, 0.15) is 11.6 Å². The molecule has 8 heteroatoms. The van der Waals surface area contributed by atoms with Gasteiger partial charge in [-0.2, -0.15) is 0 Å². The molecule has 0 radical (unpaired) electrons. The molecule has 0 aromatic carbocycles. The number of carbonyl (C=O) groups is 1. The van der Waals surface area contributed by atoms with Crippen molar-refractivity contribution in [1.29, 1.82) is 0 Å². The van der Waals surface area contributed by atoms with E-state index in [-0.39, 0.29) is 11.2 Å². The summed E-state index contributed by atoms with van der Waals surface area (Å²) in [5.74, 6) is -0.0795. The number of amides is 1. The molecule has 0 aliphatic heterocycles. The van der Waals surface area contributed by atoms with Gasteiger partial charge in [-0.15, -0.1) is 10.2 Å². The van der Waals surface area contributed by atoms with E-state index in [4.69, 9.17) is 0 Å². The lowest BCUT2D eigenvalue weighted by Crippen LogP contribution is -2.47. The highest BCUT2D eigenvalue weighted by Gasteiger charge is 2.35. The first kappa shape index (κ1) is 15.9. The zero-order valence-corrected chi connectivity index (χ0v) is 13.4. The van der Waals surface area contributed by atoms with Crippen LogP contribution in [0.25, 0.3) is 0 Å². The van der Waals surface area contributed by atoms with Crippen LogP contribution in [0.3, 0.4) is 0 Å². The minimum absolute atomic E-state index is 0.0587. The summed E-state index contributed by atoms with van der Waals surface area (Å²) in [7, 11) is -2.27. The van der Waals surface area contributed by atoms with Crippen LogP contribution in [0.15, 0.2) is 11.5 Å². The molecule has 3 unspecified atom stereocenters. The molecule has 0 spiro atoms. The second kappa shape index (κ2) is 6.13. The molecule has 1 N–H and O–H groups in total. The van der Waals surface area contributed by atoms with Gasteiger partial charge >= 0.3 is 0 Å². The molecule has 1 aliphatic carbocycles. The van der Waals surface area contributed by atoms with Gasteiger partial charge in [0, 0.05) is 13.1 Å². The number of aromatic nitrogens is 3. The Morgan fingerprint density at radius 2 is 2.10 bits per heavy atom. The zero-order chi connectivity index (χ0) is 15.6. The molecule has 1 aliphatic rings. The summed E-state index contributed by atoms with van der Waals surface area (Å²) in [6.45, 7) is 3.48. The van der Waals surface area contributed by atoms with Crippen molar-refractivity contribution in [3.05, 3.63) is 6.33 Å². The van der Waals surface area contributed by atoms with E-state index >= 15 is 0 Å². The third kappa shape index (κ3) is 3.25. The smallest absolute Gasteiger partial charge is 0.250 e. The molecular weight excluding hydrogens is 292 g/mol. The van der Waals surface area contributed by atoms with Crippen LogP contribution in [0.2, 0.25) is 0 Å². The molecule has 1 amide bonds. The van der Waals surface area contributed by atoms with E-state index in [1.165, 1.54) is 24.2 Å². The van der Waals surface area contributed by atoms with Gasteiger partial charge in [0.2, 0.25) is 20.9 Å². The van der Waals surface area contributed by atoms with Crippen LogP contribution in [0.1, 0.15) is 39.5 Å². The topological polar surface area (TPSA) is 93.9 Å². The van der Waals surface area contributed by atoms with Crippen molar-refractivity contribution in [2.24, 2.45) is 13.0 Å². The van der Waals surface area contributed by atoms with Gasteiger partial charge in [0.25, 0.3) is 0 Å². The van der Waals surface area contributed by atoms with E-state index in [1.54, 1.807) is 7.05 Å². The van der Waals surface area contributed by atoms with E-state index in [0.29, 0.717) is 5.92 Å². The van der Waals surface area contributed by atoms with Crippen molar-refractivity contribution in [3.8, 4) is 0 Å². The second-order valence-electron chi connectivity index (χ2n) is 5.79. The Morgan fingerprint density at radius 3 is 2.67 bits per heavy atom. The molecule has 2 rings (SSSR count). The summed E-state index contributed by atoms with van der Waals surface area (Å²) in [5.41, 5.74) is 0. The molecule has 7 nitrogen and oxygen atoms in total. The highest BCUT2D eigenvalue weighted by Crippen LogP contribution is 2.24. The molecule has 3 atom stereocenters. The number of nitrogens with zero attached hydrogens (tertiary/aromatic N) is 3. The molecule has 0 saturated heterocycles. The highest BCUT2D eigenvalue weighted by atomic mass is 32.2. The predicted molar refractivity (Wildman–Crippen MR) is 77.2 cm³/mol. The minimum Gasteiger partial charge on any atom is -0.352 e. The first-order valence-electron chi connectivity index (χ1n) is 7.22. The van der Waals surface area contributed by atoms with Crippen LogP contribution in [-0.2, 0) is 21.7 Å². The van der Waals surface area contributed by atoms with E-state index in [9.17, 15) is 13.2 Å². The van der Waals surface area contributed by atoms with Crippen molar-refractivity contribution in [2.45, 2.75) is 56.0 Å². The van der Waals surface area contributed by atoms with Crippen molar-refractivity contribution in [2.75, 3.05) is 0 Å². The van der Waals surface area contributed by atoms with Crippen LogP contribution in [0, 0.1) is 5.92 Å². The lowest BCUT2D eigenvalue weighted by atomic mass is 9.86. The fourth-order valence-electron chi connectivity index (χ4n) is 2.66. The number of sulfone groups is 1. The van der Waals surface area contributed by atoms with Gasteiger partial charge in [-0.1, -0.05) is 19.8 Å². The molecular formula is C13H22N4O3S. The molecule has 0 bridgehead atoms. The molecule has 1 fully saturated rings. The van der Waals surface area contributed by atoms with Crippen LogP contribution < -0.4 is 5.32 Å². The Morgan fingerprint density at radius 1 is 1.43 bits per heavy atom. The fourth-order valence-corrected chi connectivity index (χ4v) is 3.94. The van der Waals surface area contributed by atoms with Crippen LogP contribution in [0.4, 0.5) is 0 Å². The summed E-state index contributed by atoms with van der Waals surface area (Å²) in [6, 6.07) is 0.0587. The van der Waals surface area contributed by atoms with E-state index in [0.717, 1.165) is 19.3 Å². The Labute approximate surface area is 125 Å². The average Bonchev–Trinajstić information content (AvgIpc) is 2.87. The Kier molecular flexibility index (Phi) is 4.65. The van der Waals surface area contributed by atoms with Gasteiger partial charge < -0.3 is 9.88 Å². The summed E-state index contributed by atoms with van der Waals surface area (Å²) in [5, 5.41) is 8.69. The van der Waals surface area contributed by atoms with Crippen molar-refractivity contribution < 1.29 is 13.2 Å². The predicted octanol–water partition coefficient (Wildman–Crippen LogP) is 0.672. The maximum atomic E-state index is 12.4. The van der Waals surface area contributed by atoms with E-state index < -0.39 is 21.0 Å². The summed E-state index contributed by atoms with van der Waals surface area (Å²) in [4.78, 5) is 12.3. The van der Waals surface area contributed by atoms with Gasteiger partial charge in [0.15, 0.2) is 0 Å². The quantitative estimate of drug-likeness (QED) is 0.881. The first-order chi connectivity index (χ1) is 9.84. The minimum atomic E-state index is -3.82. The Bertz CT molecular complexity index is 611. The maximum absolute atomic E-state index is 12.4.